The van der Waals surface area contributed by atoms with Crippen molar-refractivity contribution in [2.75, 3.05) is 6.26 Å². The lowest BCUT2D eigenvalue weighted by Gasteiger charge is -2.30. The van der Waals surface area contributed by atoms with E-state index in [0.29, 0.717) is 5.57 Å². The zero-order valence-electron chi connectivity index (χ0n) is 10.7. The van der Waals surface area contributed by atoms with E-state index in [1.54, 1.807) is 6.92 Å². The normalized spacial score (nSPS) is 34.6. The molecule has 2 saturated carbocycles. The zero-order valence-corrected chi connectivity index (χ0v) is 11.5. The molecule has 2 aliphatic rings. The first kappa shape index (κ1) is 13.5. The summed E-state index contributed by atoms with van der Waals surface area (Å²) in [6.45, 7) is 5.14. The minimum atomic E-state index is -3.28. The SMILES string of the molecule is C=C(C)C(=O)OC1C2CCC(C2)C1NS(C)(=O)=O. The maximum Gasteiger partial charge on any atom is 0.333 e. The smallest absolute Gasteiger partial charge is 0.333 e. The van der Waals surface area contributed by atoms with Crippen molar-refractivity contribution in [3.05, 3.63) is 12.2 Å². The van der Waals surface area contributed by atoms with Gasteiger partial charge in [-0.3, -0.25) is 0 Å². The Morgan fingerprint density at radius 2 is 1.94 bits per heavy atom. The molecule has 2 aliphatic carbocycles. The second kappa shape index (κ2) is 4.66. The van der Waals surface area contributed by atoms with Crippen molar-refractivity contribution >= 4 is 16.0 Å². The van der Waals surface area contributed by atoms with Gasteiger partial charge in [-0.2, -0.15) is 0 Å². The van der Waals surface area contributed by atoms with Crippen molar-refractivity contribution in [1.82, 2.24) is 4.72 Å². The molecule has 0 aliphatic heterocycles. The fraction of sp³-hybridized carbons (Fsp3) is 0.750. The molecule has 0 aromatic heterocycles. The molecule has 0 heterocycles. The third-order valence-electron chi connectivity index (χ3n) is 3.78. The third-order valence-corrected chi connectivity index (χ3v) is 4.48. The van der Waals surface area contributed by atoms with Crippen LogP contribution in [0.1, 0.15) is 26.2 Å². The average Bonchev–Trinajstić information content (AvgIpc) is 2.79. The summed E-state index contributed by atoms with van der Waals surface area (Å²) in [5.41, 5.74) is 0.343. The van der Waals surface area contributed by atoms with Crippen LogP contribution in [0.3, 0.4) is 0 Å². The number of sulfonamides is 1. The van der Waals surface area contributed by atoms with Crippen LogP contribution in [0.2, 0.25) is 0 Å². The van der Waals surface area contributed by atoms with E-state index in [9.17, 15) is 13.2 Å². The van der Waals surface area contributed by atoms with E-state index >= 15 is 0 Å². The third kappa shape index (κ3) is 2.75. The van der Waals surface area contributed by atoms with Gasteiger partial charge in [0.1, 0.15) is 6.10 Å². The quantitative estimate of drug-likeness (QED) is 0.608. The molecule has 2 fully saturated rings. The standard InChI is InChI=1S/C12H19NO4S/c1-7(2)12(14)17-11-9-5-4-8(6-9)10(11)13-18(3,15)16/h8-11,13H,1,4-6H2,2-3H3. The fourth-order valence-electron chi connectivity index (χ4n) is 3.04. The lowest BCUT2D eigenvalue weighted by Crippen LogP contribution is -2.48. The van der Waals surface area contributed by atoms with Gasteiger partial charge in [-0.1, -0.05) is 6.58 Å². The van der Waals surface area contributed by atoms with E-state index < -0.39 is 16.0 Å². The summed E-state index contributed by atoms with van der Waals surface area (Å²) in [7, 11) is -3.28. The Hall–Kier alpha value is -0.880. The first-order valence-corrected chi connectivity index (χ1v) is 8.01. The van der Waals surface area contributed by atoms with E-state index in [1.165, 1.54) is 0 Å². The summed E-state index contributed by atoms with van der Waals surface area (Å²) in [5, 5.41) is 0. The Morgan fingerprint density at radius 1 is 1.33 bits per heavy atom. The summed E-state index contributed by atoms with van der Waals surface area (Å²) in [6, 6.07) is -0.276. The van der Waals surface area contributed by atoms with Crippen LogP contribution in [0, 0.1) is 11.8 Å². The molecular weight excluding hydrogens is 254 g/mol. The van der Waals surface area contributed by atoms with Gasteiger partial charge in [-0.25, -0.2) is 17.9 Å². The van der Waals surface area contributed by atoms with E-state index in [4.69, 9.17) is 4.74 Å². The van der Waals surface area contributed by atoms with Crippen LogP contribution in [0.25, 0.3) is 0 Å². The molecule has 0 saturated heterocycles. The summed E-state index contributed by atoms with van der Waals surface area (Å²) < 4.78 is 30.7. The maximum absolute atomic E-state index is 11.6. The van der Waals surface area contributed by atoms with Crippen LogP contribution in [0.15, 0.2) is 12.2 Å². The predicted octanol–water partition coefficient (Wildman–Crippen LogP) is 0.822. The number of carbonyl (C=O) groups is 1. The van der Waals surface area contributed by atoms with Crippen molar-refractivity contribution in [2.24, 2.45) is 11.8 Å². The van der Waals surface area contributed by atoms with E-state index in [1.807, 2.05) is 0 Å². The minimum Gasteiger partial charge on any atom is -0.457 e. The van der Waals surface area contributed by atoms with Gasteiger partial charge in [0.2, 0.25) is 10.0 Å². The van der Waals surface area contributed by atoms with E-state index in [-0.39, 0.29) is 24.0 Å². The summed E-state index contributed by atoms with van der Waals surface area (Å²) in [5.74, 6) is 0.123. The number of carbonyl (C=O) groups excluding carboxylic acids is 1. The molecule has 4 atom stereocenters. The first-order valence-electron chi connectivity index (χ1n) is 6.11. The average molecular weight is 273 g/mol. The number of rotatable bonds is 4. The fourth-order valence-corrected chi connectivity index (χ4v) is 3.86. The molecule has 102 valence electrons. The zero-order chi connectivity index (χ0) is 13.5. The molecule has 6 heteroatoms. The molecule has 18 heavy (non-hydrogen) atoms. The predicted molar refractivity (Wildman–Crippen MR) is 67.3 cm³/mol. The Bertz CT molecular complexity index is 470. The topological polar surface area (TPSA) is 72.5 Å². The van der Waals surface area contributed by atoms with Gasteiger partial charge in [-0.05, 0) is 38.0 Å². The second-order valence-electron chi connectivity index (χ2n) is 5.40. The number of hydrogen-bond donors (Lipinski definition) is 1. The van der Waals surface area contributed by atoms with Crippen LogP contribution < -0.4 is 4.72 Å². The van der Waals surface area contributed by atoms with Crippen molar-refractivity contribution in [3.8, 4) is 0 Å². The molecule has 0 spiro atoms. The lowest BCUT2D eigenvalue weighted by molar-refractivity contribution is -0.147. The van der Waals surface area contributed by atoms with Crippen molar-refractivity contribution < 1.29 is 17.9 Å². The highest BCUT2D eigenvalue weighted by Gasteiger charge is 2.50. The van der Waals surface area contributed by atoms with Crippen molar-refractivity contribution in [3.63, 3.8) is 0 Å². The van der Waals surface area contributed by atoms with Gasteiger partial charge in [0.05, 0.1) is 12.3 Å². The van der Waals surface area contributed by atoms with Gasteiger partial charge in [0.15, 0.2) is 0 Å². The van der Waals surface area contributed by atoms with Crippen LogP contribution in [-0.2, 0) is 19.6 Å². The maximum atomic E-state index is 11.6. The number of fused-ring (bicyclic) bond motifs is 2. The summed E-state index contributed by atoms with van der Waals surface area (Å²) in [4.78, 5) is 11.6. The second-order valence-corrected chi connectivity index (χ2v) is 7.18. The molecular formula is C12H19NO4S. The minimum absolute atomic E-state index is 0.276. The van der Waals surface area contributed by atoms with Crippen LogP contribution >= 0.6 is 0 Å². The number of esters is 1. The van der Waals surface area contributed by atoms with Crippen LogP contribution in [0.5, 0.6) is 0 Å². The first-order chi connectivity index (χ1) is 8.28. The monoisotopic (exact) mass is 273 g/mol. The molecule has 5 nitrogen and oxygen atoms in total. The van der Waals surface area contributed by atoms with Crippen LogP contribution in [0.4, 0.5) is 0 Å². The van der Waals surface area contributed by atoms with Crippen LogP contribution in [-0.4, -0.2) is 32.8 Å². The molecule has 2 rings (SSSR count). The van der Waals surface area contributed by atoms with Crippen molar-refractivity contribution in [2.45, 2.75) is 38.3 Å². The number of ether oxygens (including phenoxy) is 1. The Labute approximate surface area is 108 Å². The van der Waals surface area contributed by atoms with E-state index in [2.05, 4.69) is 11.3 Å². The Kier molecular flexibility index (Phi) is 3.51. The van der Waals surface area contributed by atoms with Gasteiger partial charge in [0.25, 0.3) is 0 Å². The van der Waals surface area contributed by atoms with E-state index in [0.717, 1.165) is 25.5 Å². The highest BCUT2D eigenvalue weighted by Crippen LogP contribution is 2.46. The summed E-state index contributed by atoms with van der Waals surface area (Å²) in [6.07, 6.45) is 3.72. The highest BCUT2D eigenvalue weighted by molar-refractivity contribution is 7.88. The lowest BCUT2D eigenvalue weighted by atomic mass is 9.93. The van der Waals surface area contributed by atoms with Gasteiger partial charge in [0, 0.05) is 5.57 Å². The molecule has 4 unspecified atom stereocenters. The molecule has 0 aromatic carbocycles. The molecule has 0 radical (unpaired) electrons. The van der Waals surface area contributed by atoms with Gasteiger partial charge in [-0.15, -0.1) is 0 Å². The molecule has 1 N–H and O–H groups in total. The summed E-state index contributed by atoms with van der Waals surface area (Å²) >= 11 is 0. The molecule has 0 amide bonds. The Morgan fingerprint density at radius 3 is 2.50 bits per heavy atom. The van der Waals surface area contributed by atoms with Gasteiger partial charge >= 0.3 is 5.97 Å². The van der Waals surface area contributed by atoms with Gasteiger partial charge < -0.3 is 4.74 Å². The highest BCUT2D eigenvalue weighted by atomic mass is 32.2. The van der Waals surface area contributed by atoms with Crippen molar-refractivity contribution in [1.29, 1.82) is 0 Å². The molecule has 0 aromatic rings. The largest absolute Gasteiger partial charge is 0.457 e. The number of nitrogens with one attached hydrogen (secondary N) is 1. The molecule has 2 bridgehead atoms. The number of hydrogen-bond acceptors (Lipinski definition) is 4. The Balaban J connectivity index is 2.11.